The molecule has 0 atom stereocenters. The van der Waals surface area contributed by atoms with Gasteiger partial charge in [0.15, 0.2) is 5.16 Å². The number of rotatable bonds is 3. The van der Waals surface area contributed by atoms with Crippen LogP contribution in [0.1, 0.15) is 0 Å². The molecule has 0 fully saturated rings. The third kappa shape index (κ3) is 6.64. The van der Waals surface area contributed by atoms with Gasteiger partial charge in [-0.25, -0.2) is 4.98 Å². The average Bonchev–Trinajstić information content (AvgIpc) is 1.97. The van der Waals surface area contributed by atoms with Crippen molar-refractivity contribution in [1.29, 1.82) is 0 Å². The predicted molar refractivity (Wildman–Crippen MR) is 49.1 cm³/mol. The normalized spacial score (nSPS) is 10.9. The number of hydrogen-bond acceptors (Lipinski definition) is 4. The zero-order chi connectivity index (χ0) is 10.8. The molecule has 0 bridgehead atoms. The molecule has 0 radical (unpaired) electrons. The molecular weight excluding hydrogens is 257 g/mol. The topological polar surface area (TPSA) is 71.8 Å². The maximum Gasteiger partial charge on any atom is 1.00 e. The molecular formula is C5H6BF3KN3OS. The first-order valence-electron chi connectivity index (χ1n) is 3.57. The smallest absolute Gasteiger partial charge is 0.448 e. The summed E-state index contributed by atoms with van der Waals surface area (Å²) in [7, 11) is 0. The van der Waals surface area contributed by atoms with Gasteiger partial charge in [-0.05, 0) is 5.65 Å². The molecule has 0 aliphatic heterocycles. The summed E-state index contributed by atoms with van der Waals surface area (Å²) >= 11 is 0.412. The first-order valence-corrected chi connectivity index (χ1v) is 4.56. The number of thioether (sulfide) groups is 1. The van der Waals surface area contributed by atoms with Crippen LogP contribution in [0.3, 0.4) is 0 Å². The van der Waals surface area contributed by atoms with Crippen LogP contribution in [0.5, 0.6) is 0 Å². The zero-order valence-electron chi connectivity index (χ0n) is 7.84. The Bertz CT molecular complexity index is 385. The van der Waals surface area contributed by atoms with Gasteiger partial charge < -0.3 is 23.7 Å². The van der Waals surface area contributed by atoms with E-state index in [0.717, 1.165) is 6.07 Å². The molecule has 0 aromatic carbocycles. The van der Waals surface area contributed by atoms with Gasteiger partial charge in [-0.1, -0.05) is 0 Å². The molecule has 78 valence electrons. The summed E-state index contributed by atoms with van der Waals surface area (Å²) in [6.45, 7) is -4.89. The van der Waals surface area contributed by atoms with Crippen molar-refractivity contribution in [2.75, 3.05) is 11.4 Å². The van der Waals surface area contributed by atoms with E-state index in [1.165, 1.54) is 0 Å². The molecule has 1 rings (SSSR count). The van der Waals surface area contributed by atoms with Crippen LogP contribution in [-0.4, -0.2) is 22.6 Å². The second-order valence-corrected chi connectivity index (χ2v) is 3.51. The molecule has 4 nitrogen and oxygen atoms in total. The molecule has 0 spiro atoms. The van der Waals surface area contributed by atoms with Crippen molar-refractivity contribution in [3.63, 3.8) is 0 Å². The Morgan fingerprint density at radius 1 is 1.53 bits per heavy atom. The molecule has 1 aromatic rings. The van der Waals surface area contributed by atoms with E-state index in [0.29, 0.717) is 11.8 Å². The Morgan fingerprint density at radius 2 is 2.13 bits per heavy atom. The zero-order valence-corrected chi connectivity index (χ0v) is 11.8. The van der Waals surface area contributed by atoms with E-state index in [-0.39, 0.29) is 62.4 Å². The number of anilines is 1. The SMILES string of the molecule is Nc1cc(=O)[nH]c(SC[B-](F)(F)F)n1.[K+]. The van der Waals surface area contributed by atoms with Gasteiger partial charge in [0.25, 0.3) is 5.56 Å². The number of nitrogens with two attached hydrogens (primary N) is 1. The Kier molecular flexibility index (Phi) is 6.52. The third-order valence-corrected chi connectivity index (χ3v) is 2.16. The van der Waals surface area contributed by atoms with Crippen molar-refractivity contribution in [2.24, 2.45) is 0 Å². The molecule has 3 N–H and O–H groups in total. The Labute approximate surface area is 130 Å². The van der Waals surface area contributed by atoms with Crippen LogP contribution in [0.25, 0.3) is 0 Å². The van der Waals surface area contributed by atoms with Crippen molar-refractivity contribution >= 4 is 24.6 Å². The first-order chi connectivity index (χ1) is 6.37. The molecule has 0 unspecified atom stereocenters. The van der Waals surface area contributed by atoms with Crippen LogP contribution in [0.15, 0.2) is 16.0 Å². The average molecular weight is 263 g/mol. The van der Waals surface area contributed by atoms with Crippen LogP contribution in [0.4, 0.5) is 18.8 Å². The predicted octanol–water partition coefficient (Wildman–Crippen LogP) is -2.17. The molecule has 15 heavy (non-hydrogen) atoms. The molecule has 0 aliphatic rings. The number of hydrogen-bond donors (Lipinski definition) is 2. The van der Waals surface area contributed by atoms with E-state index in [4.69, 9.17) is 5.73 Å². The van der Waals surface area contributed by atoms with Crippen LogP contribution in [0, 0.1) is 0 Å². The monoisotopic (exact) mass is 263 g/mol. The van der Waals surface area contributed by atoms with Crippen molar-refractivity contribution in [3.8, 4) is 0 Å². The molecule has 0 saturated heterocycles. The van der Waals surface area contributed by atoms with Gasteiger partial charge in [0.05, 0.1) is 0 Å². The largest absolute Gasteiger partial charge is 1.00 e. The first kappa shape index (κ1) is 15.5. The minimum absolute atomic E-state index is 0. The Balaban J connectivity index is 0.00000196. The molecule has 0 saturated carbocycles. The van der Waals surface area contributed by atoms with Gasteiger partial charge in [0, 0.05) is 6.07 Å². The number of nitrogens with one attached hydrogen (secondary N) is 1. The molecule has 0 amide bonds. The van der Waals surface area contributed by atoms with Crippen molar-refractivity contribution in [3.05, 3.63) is 16.4 Å². The van der Waals surface area contributed by atoms with E-state index in [9.17, 15) is 17.7 Å². The number of nitrogen functional groups attached to an aromatic ring is 1. The van der Waals surface area contributed by atoms with E-state index in [2.05, 4.69) is 9.97 Å². The van der Waals surface area contributed by atoms with E-state index in [1.54, 1.807) is 0 Å². The van der Waals surface area contributed by atoms with E-state index >= 15 is 0 Å². The van der Waals surface area contributed by atoms with Crippen molar-refractivity contribution in [1.82, 2.24) is 9.97 Å². The summed E-state index contributed by atoms with van der Waals surface area (Å²) in [6.07, 6.45) is 0. The number of aromatic nitrogens is 2. The molecule has 1 aromatic heterocycles. The summed E-state index contributed by atoms with van der Waals surface area (Å²) in [5, 5.41) is -0.116. The van der Waals surface area contributed by atoms with Gasteiger partial charge in [0.1, 0.15) is 5.82 Å². The number of aromatic amines is 1. The maximum absolute atomic E-state index is 11.8. The fraction of sp³-hybridized carbons (Fsp3) is 0.200. The minimum atomic E-state index is -4.89. The van der Waals surface area contributed by atoms with Crippen molar-refractivity contribution < 1.29 is 64.3 Å². The molecule has 0 aliphatic carbocycles. The molecule has 1 heterocycles. The van der Waals surface area contributed by atoms with E-state index < -0.39 is 18.2 Å². The number of nitrogens with zero attached hydrogens (tertiary/aromatic N) is 1. The standard InChI is InChI=1S/C5H6BF3N3OS.K/c7-6(8,9)2-14-5-11-3(10)1-4(13)12-5;/h1H,2H2,(H3,10,11,12,13);/q-1;+1. The van der Waals surface area contributed by atoms with Crippen LogP contribution < -0.4 is 62.7 Å². The van der Waals surface area contributed by atoms with Gasteiger partial charge in [-0.3, -0.25) is 4.79 Å². The summed E-state index contributed by atoms with van der Waals surface area (Å²) in [6, 6.07) is 1.00. The summed E-state index contributed by atoms with van der Waals surface area (Å²) in [4.78, 5) is 16.4. The van der Waals surface area contributed by atoms with Gasteiger partial charge in [-0.15, -0.1) is 11.8 Å². The van der Waals surface area contributed by atoms with Gasteiger partial charge in [-0.2, -0.15) is 0 Å². The Morgan fingerprint density at radius 3 is 2.60 bits per heavy atom. The quantitative estimate of drug-likeness (QED) is 0.370. The summed E-state index contributed by atoms with van der Waals surface area (Å²) < 4.78 is 35.5. The second-order valence-electron chi connectivity index (χ2n) is 2.50. The number of H-pyrrole nitrogens is 1. The van der Waals surface area contributed by atoms with Crippen LogP contribution in [-0.2, 0) is 0 Å². The van der Waals surface area contributed by atoms with Crippen LogP contribution >= 0.6 is 11.8 Å². The third-order valence-electron chi connectivity index (χ3n) is 1.15. The summed E-state index contributed by atoms with van der Waals surface area (Å²) in [5.74, 6) is -0.0917. The second kappa shape index (κ2) is 6.30. The van der Waals surface area contributed by atoms with Crippen molar-refractivity contribution in [2.45, 2.75) is 5.16 Å². The fourth-order valence-corrected chi connectivity index (χ4v) is 1.38. The Hall–Kier alpha value is 0.521. The van der Waals surface area contributed by atoms with Gasteiger partial charge >= 0.3 is 58.4 Å². The van der Waals surface area contributed by atoms with E-state index in [1.807, 2.05) is 0 Å². The molecule has 10 heteroatoms. The summed E-state index contributed by atoms with van der Waals surface area (Å²) in [5.41, 5.74) is 3.57. The minimum Gasteiger partial charge on any atom is -0.448 e. The van der Waals surface area contributed by atoms with Crippen LogP contribution in [0.2, 0.25) is 0 Å². The fourth-order valence-electron chi connectivity index (χ4n) is 0.695. The maximum atomic E-state index is 11.8. The van der Waals surface area contributed by atoms with Gasteiger partial charge in [0.2, 0.25) is 0 Å². The number of halogens is 3.